The Labute approximate surface area is 108 Å². The standard InChI is InChI=1S/C12H14N4OS/c17-11-5-10(15-12(16-11)8-1-2-8)13-4-3-9-6-18-7-14-9/h5-8H,1-4H2,(H2,13,15,16,17). The molecular weight excluding hydrogens is 248 g/mol. The summed E-state index contributed by atoms with van der Waals surface area (Å²) in [7, 11) is 0. The first-order valence-corrected chi connectivity index (χ1v) is 6.98. The maximum Gasteiger partial charge on any atom is 0.252 e. The van der Waals surface area contributed by atoms with Crippen LogP contribution in [0.5, 0.6) is 0 Å². The summed E-state index contributed by atoms with van der Waals surface area (Å²) in [5, 5.41) is 5.21. The third kappa shape index (κ3) is 2.76. The van der Waals surface area contributed by atoms with Gasteiger partial charge in [0.1, 0.15) is 11.6 Å². The van der Waals surface area contributed by atoms with E-state index in [-0.39, 0.29) is 5.56 Å². The summed E-state index contributed by atoms with van der Waals surface area (Å²) in [6.07, 6.45) is 3.10. The molecule has 2 aromatic heterocycles. The van der Waals surface area contributed by atoms with E-state index in [0.717, 1.165) is 37.3 Å². The highest BCUT2D eigenvalue weighted by atomic mass is 32.1. The molecular formula is C12H14N4OS. The third-order valence-corrected chi connectivity index (χ3v) is 3.53. The summed E-state index contributed by atoms with van der Waals surface area (Å²) in [5.74, 6) is 1.94. The highest BCUT2D eigenvalue weighted by Gasteiger charge is 2.26. The van der Waals surface area contributed by atoms with Crippen molar-refractivity contribution < 1.29 is 0 Å². The number of rotatable bonds is 5. The molecule has 1 saturated carbocycles. The van der Waals surface area contributed by atoms with Gasteiger partial charge in [-0.3, -0.25) is 4.79 Å². The second-order valence-electron chi connectivity index (χ2n) is 4.45. The quantitative estimate of drug-likeness (QED) is 0.861. The Morgan fingerprint density at radius 1 is 1.50 bits per heavy atom. The molecule has 2 N–H and O–H groups in total. The lowest BCUT2D eigenvalue weighted by molar-refractivity contribution is 0.895. The molecule has 0 atom stereocenters. The minimum absolute atomic E-state index is 0.0805. The zero-order valence-electron chi connectivity index (χ0n) is 9.85. The molecule has 0 aromatic carbocycles. The van der Waals surface area contributed by atoms with Gasteiger partial charge in [-0.25, -0.2) is 9.97 Å². The summed E-state index contributed by atoms with van der Waals surface area (Å²) in [6, 6.07) is 1.51. The summed E-state index contributed by atoms with van der Waals surface area (Å²) in [6.45, 7) is 0.740. The number of anilines is 1. The van der Waals surface area contributed by atoms with Gasteiger partial charge >= 0.3 is 0 Å². The van der Waals surface area contributed by atoms with Crippen LogP contribution < -0.4 is 10.9 Å². The van der Waals surface area contributed by atoms with E-state index >= 15 is 0 Å². The first-order chi connectivity index (χ1) is 8.81. The molecule has 0 unspecified atom stereocenters. The number of nitrogens with one attached hydrogen (secondary N) is 2. The summed E-state index contributed by atoms with van der Waals surface area (Å²) < 4.78 is 0. The van der Waals surface area contributed by atoms with E-state index in [1.807, 2.05) is 10.9 Å². The van der Waals surface area contributed by atoms with E-state index < -0.39 is 0 Å². The molecule has 1 aliphatic carbocycles. The normalized spacial score (nSPS) is 14.7. The van der Waals surface area contributed by atoms with E-state index in [1.54, 1.807) is 11.3 Å². The van der Waals surface area contributed by atoms with Gasteiger partial charge in [-0.2, -0.15) is 0 Å². The topological polar surface area (TPSA) is 70.7 Å². The van der Waals surface area contributed by atoms with Crippen LogP contribution in [0.25, 0.3) is 0 Å². The van der Waals surface area contributed by atoms with E-state index in [2.05, 4.69) is 20.3 Å². The van der Waals surface area contributed by atoms with E-state index in [1.165, 1.54) is 6.07 Å². The summed E-state index contributed by atoms with van der Waals surface area (Å²) in [5.41, 5.74) is 2.81. The number of hydrogen-bond acceptors (Lipinski definition) is 5. The van der Waals surface area contributed by atoms with Gasteiger partial charge in [0.2, 0.25) is 0 Å². The van der Waals surface area contributed by atoms with Gasteiger partial charge in [0.25, 0.3) is 5.56 Å². The lowest BCUT2D eigenvalue weighted by atomic mass is 10.3. The number of aromatic nitrogens is 3. The van der Waals surface area contributed by atoms with Gasteiger partial charge in [-0.05, 0) is 12.8 Å². The smallest absolute Gasteiger partial charge is 0.252 e. The molecule has 0 saturated heterocycles. The minimum Gasteiger partial charge on any atom is -0.369 e. The maximum atomic E-state index is 11.5. The lowest BCUT2D eigenvalue weighted by Gasteiger charge is -2.05. The first-order valence-electron chi connectivity index (χ1n) is 6.03. The molecule has 0 amide bonds. The van der Waals surface area contributed by atoms with Crippen LogP contribution in [-0.4, -0.2) is 21.5 Å². The van der Waals surface area contributed by atoms with Crippen LogP contribution in [0.4, 0.5) is 5.82 Å². The fourth-order valence-electron chi connectivity index (χ4n) is 1.80. The molecule has 3 rings (SSSR count). The van der Waals surface area contributed by atoms with Crippen LogP contribution in [0, 0.1) is 0 Å². The zero-order valence-corrected chi connectivity index (χ0v) is 10.7. The van der Waals surface area contributed by atoms with Gasteiger partial charge < -0.3 is 10.3 Å². The number of H-pyrrole nitrogens is 1. The van der Waals surface area contributed by atoms with Crippen molar-refractivity contribution in [2.24, 2.45) is 0 Å². The summed E-state index contributed by atoms with van der Waals surface area (Å²) in [4.78, 5) is 22.9. The fraction of sp³-hybridized carbons (Fsp3) is 0.417. The van der Waals surface area contributed by atoms with Crippen molar-refractivity contribution in [2.75, 3.05) is 11.9 Å². The van der Waals surface area contributed by atoms with E-state index in [9.17, 15) is 4.79 Å². The maximum absolute atomic E-state index is 11.5. The molecule has 0 bridgehead atoms. The molecule has 18 heavy (non-hydrogen) atoms. The van der Waals surface area contributed by atoms with E-state index in [4.69, 9.17) is 0 Å². The fourth-order valence-corrected chi connectivity index (χ4v) is 2.39. The van der Waals surface area contributed by atoms with Crippen molar-refractivity contribution in [1.82, 2.24) is 15.0 Å². The van der Waals surface area contributed by atoms with Gasteiger partial charge in [0, 0.05) is 30.3 Å². The van der Waals surface area contributed by atoms with Crippen molar-refractivity contribution in [3.8, 4) is 0 Å². The molecule has 0 radical (unpaired) electrons. The van der Waals surface area contributed by atoms with Crippen LogP contribution in [0.3, 0.4) is 0 Å². The molecule has 1 aliphatic rings. The number of aromatic amines is 1. The van der Waals surface area contributed by atoms with Gasteiger partial charge in [-0.15, -0.1) is 11.3 Å². The Balaban J connectivity index is 1.63. The molecule has 6 heteroatoms. The monoisotopic (exact) mass is 262 g/mol. The summed E-state index contributed by atoms with van der Waals surface area (Å²) >= 11 is 1.59. The van der Waals surface area contributed by atoms with Crippen LogP contribution >= 0.6 is 11.3 Å². The Hall–Kier alpha value is -1.69. The zero-order chi connectivity index (χ0) is 12.4. The predicted octanol–water partition coefficient (Wildman–Crippen LogP) is 1.76. The second-order valence-corrected chi connectivity index (χ2v) is 5.17. The Kier molecular flexibility index (Phi) is 3.10. The van der Waals surface area contributed by atoms with Crippen molar-refractivity contribution >= 4 is 17.2 Å². The largest absolute Gasteiger partial charge is 0.369 e. The molecule has 2 heterocycles. The number of nitrogens with zero attached hydrogens (tertiary/aromatic N) is 2. The van der Waals surface area contributed by atoms with Crippen LogP contribution in [0.15, 0.2) is 21.8 Å². The highest BCUT2D eigenvalue weighted by Crippen LogP contribution is 2.37. The van der Waals surface area contributed by atoms with Gasteiger partial charge in [0.05, 0.1) is 11.2 Å². The van der Waals surface area contributed by atoms with Crippen LogP contribution in [0.1, 0.15) is 30.3 Å². The molecule has 0 aliphatic heterocycles. The predicted molar refractivity (Wildman–Crippen MR) is 71.1 cm³/mol. The van der Waals surface area contributed by atoms with Crippen molar-refractivity contribution in [1.29, 1.82) is 0 Å². The molecule has 5 nitrogen and oxygen atoms in total. The molecule has 2 aromatic rings. The van der Waals surface area contributed by atoms with Gasteiger partial charge in [-0.1, -0.05) is 0 Å². The second kappa shape index (κ2) is 4.89. The van der Waals surface area contributed by atoms with Crippen molar-refractivity contribution in [2.45, 2.75) is 25.2 Å². The molecule has 0 spiro atoms. The minimum atomic E-state index is -0.0805. The number of thiazole rings is 1. The van der Waals surface area contributed by atoms with Crippen molar-refractivity contribution in [3.63, 3.8) is 0 Å². The average Bonchev–Trinajstić information content (AvgIpc) is 3.08. The third-order valence-electron chi connectivity index (χ3n) is 2.89. The highest BCUT2D eigenvalue weighted by molar-refractivity contribution is 7.07. The lowest BCUT2D eigenvalue weighted by Crippen LogP contribution is -2.14. The SMILES string of the molecule is O=c1cc(NCCc2cscn2)nc(C2CC2)[nH]1. The van der Waals surface area contributed by atoms with E-state index in [0.29, 0.717) is 11.7 Å². The van der Waals surface area contributed by atoms with Gasteiger partial charge in [0.15, 0.2) is 0 Å². The Morgan fingerprint density at radius 2 is 2.39 bits per heavy atom. The molecule has 1 fully saturated rings. The molecule has 94 valence electrons. The van der Waals surface area contributed by atoms with Crippen molar-refractivity contribution in [3.05, 3.63) is 38.8 Å². The first kappa shape index (κ1) is 11.4. The van der Waals surface area contributed by atoms with Crippen LogP contribution in [0.2, 0.25) is 0 Å². The number of hydrogen-bond donors (Lipinski definition) is 2. The van der Waals surface area contributed by atoms with Crippen LogP contribution in [-0.2, 0) is 6.42 Å². The Bertz CT molecular complexity index is 574. The average molecular weight is 262 g/mol. The Morgan fingerprint density at radius 3 is 3.11 bits per heavy atom.